The minimum Gasteiger partial charge on any atom is -0.468 e. The molecule has 1 aliphatic heterocycles. The summed E-state index contributed by atoms with van der Waals surface area (Å²) in [5, 5.41) is 2.77. The highest BCUT2D eigenvalue weighted by molar-refractivity contribution is 7.89. The molecule has 0 aliphatic carbocycles. The first-order valence-corrected chi connectivity index (χ1v) is 12.1. The SMILES string of the molecule is CC(=O)N1CCc2ccccc2C1CC(=O)Nc1cccc(S(=O)(=O)NCc2ccco2)c1. The van der Waals surface area contributed by atoms with Crippen LogP contribution < -0.4 is 10.0 Å². The third kappa shape index (κ3) is 5.32. The van der Waals surface area contributed by atoms with Crippen molar-refractivity contribution in [2.75, 3.05) is 11.9 Å². The molecule has 2 N–H and O–H groups in total. The van der Waals surface area contributed by atoms with Gasteiger partial charge in [-0.15, -0.1) is 0 Å². The van der Waals surface area contributed by atoms with Gasteiger partial charge in [-0.25, -0.2) is 13.1 Å². The molecule has 9 heteroatoms. The van der Waals surface area contributed by atoms with E-state index in [0.29, 0.717) is 18.0 Å². The van der Waals surface area contributed by atoms with Gasteiger partial charge in [-0.1, -0.05) is 30.3 Å². The molecule has 1 aliphatic rings. The number of carbonyl (C=O) groups is 2. The van der Waals surface area contributed by atoms with Gasteiger partial charge in [0.25, 0.3) is 0 Å². The van der Waals surface area contributed by atoms with Crippen LogP contribution in [0, 0.1) is 0 Å². The molecule has 172 valence electrons. The second kappa shape index (κ2) is 9.60. The molecule has 0 bridgehead atoms. The van der Waals surface area contributed by atoms with Crippen molar-refractivity contribution in [2.24, 2.45) is 0 Å². The van der Waals surface area contributed by atoms with Crippen molar-refractivity contribution in [3.05, 3.63) is 83.8 Å². The van der Waals surface area contributed by atoms with Gasteiger partial charge in [0, 0.05) is 19.2 Å². The fourth-order valence-corrected chi connectivity index (χ4v) is 5.08. The van der Waals surface area contributed by atoms with E-state index < -0.39 is 10.0 Å². The van der Waals surface area contributed by atoms with Crippen molar-refractivity contribution in [3.8, 4) is 0 Å². The van der Waals surface area contributed by atoms with Crippen molar-refractivity contribution in [1.29, 1.82) is 0 Å². The van der Waals surface area contributed by atoms with Gasteiger partial charge in [0.15, 0.2) is 0 Å². The minimum absolute atomic E-state index is 0.0217. The van der Waals surface area contributed by atoms with E-state index in [9.17, 15) is 18.0 Å². The first kappa shape index (κ1) is 22.8. The Kier molecular flexibility index (Phi) is 6.62. The minimum atomic E-state index is -3.80. The molecule has 1 atom stereocenters. The maximum absolute atomic E-state index is 12.9. The van der Waals surface area contributed by atoms with Crippen LogP contribution in [0.25, 0.3) is 0 Å². The second-order valence-corrected chi connectivity index (χ2v) is 9.63. The molecule has 8 nitrogen and oxygen atoms in total. The smallest absolute Gasteiger partial charge is 0.241 e. The fraction of sp³-hybridized carbons (Fsp3) is 0.250. The Bertz CT molecular complexity index is 1250. The predicted molar refractivity (Wildman–Crippen MR) is 123 cm³/mol. The van der Waals surface area contributed by atoms with Crippen LogP contribution >= 0.6 is 0 Å². The van der Waals surface area contributed by atoms with E-state index in [-0.39, 0.29) is 35.7 Å². The number of nitrogens with one attached hydrogen (secondary N) is 2. The van der Waals surface area contributed by atoms with Crippen molar-refractivity contribution in [2.45, 2.75) is 37.2 Å². The number of amides is 2. The van der Waals surface area contributed by atoms with Gasteiger partial charge in [0.2, 0.25) is 21.8 Å². The monoisotopic (exact) mass is 467 g/mol. The van der Waals surface area contributed by atoms with Crippen LogP contribution in [0.3, 0.4) is 0 Å². The molecule has 0 saturated heterocycles. The summed E-state index contributed by atoms with van der Waals surface area (Å²) in [4.78, 5) is 26.8. The second-order valence-electron chi connectivity index (χ2n) is 7.86. The summed E-state index contributed by atoms with van der Waals surface area (Å²) in [6, 6.07) is 16.8. The fourth-order valence-electron chi connectivity index (χ4n) is 4.04. The molecule has 3 aromatic rings. The van der Waals surface area contributed by atoms with E-state index in [1.807, 2.05) is 24.3 Å². The van der Waals surface area contributed by atoms with E-state index in [0.717, 1.165) is 17.5 Å². The van der Waals surface area contributed by atoms with Gasteiger partial charge in [0.05, 0.1) is 30.2 Å². The number of furan rings is 1. The van der Waals surface area contributed by atoms with Gasteiger partial charge in [-0.2, -0.15) is 0 Å². The van der Waals surface area contributed by atoms with E-state index in [4.69, 9.17) is 4.42 Å². The Morgan fingerprint density at radius 2 is 1.91 bits per heavy atom. The number of hydrogen-bond donors (Lipinski definition) is 2. The van der Waals surface area contributed by atoms with Crippen LogP contribution in [0.1, 0.15) is 36.3 Å². The summed E-state index contributed by atoms with van der Waals surface area (Å²) in [6.07, 6.45) is 2.29. The Morgan fingerprint density at radius 1 is 1.09 bits per heavy atom. The third-order valence-corrected chi connectivity index (χ3v) is 7.04. The number of fused-ring (bicyclic) bond motifs is 1. The van der Waals surface area contributed by atoms with E-state index in [1.54, 1.807) is 29.2 Å². The molecule has 2 heterocycles. The molecular formula is C24H25N3O5S. The van der Waals surface area contributed by atoms with Crippen LogP contribution in [0.4, 0.5) is 5.69 Å². The zero-order chi connectivity index (χ0) is 23.4. The summed E-state index contributed by atoms with van der Waals surface area (Å²) in [6.45, 7) is 2.08. The van der Waals surface area contributed by atoms with Crippen LogP contribution in [-0.2, 0) is 32.6 Å². The summed E-state index contributed by atoms with van der Waals surface area (Å²) >= 11 is 0. The zero-order valence-corrected chi connectivity index (χ0v) is 19.0. The summed E-state index contributed by atoms with van der Waals surface area (Å²) < 4.78 is 32.9. The topological polar surface area (TPSA) is 109 Å². The number of benzene rings is 2. The first-order chi connectivity index (χ1) is 15.8. The highest BCUT2D eigenvalue weighted by Gasteiger charge is 2.30. The molecule has 0 saturated carbocycles. The zero-order valence-electron chi connectivity index (χ0n) is 18.2. The maximum atomic E-state index is 12.9. The van der Waals surface area contributed by atoms with E-state index in [2.05, 4.69) is 10.0 Å². The van der Waals surface area contributed by atoms with Gasteiger partial charge in [-0.3, -0.25) is 9.59 Å². The van der Waals surface area contributed by atoms with Gasteiger partial charge >= 0.3 is 0 Å². The number of hydrogen-bond acceptors (Lipinski definition) is 5. The van der Waals surface area contributed by atoms with Crippen molar-refractivity contribution in [1.82, 2.24) is 9.62 Å². The molecule has 4 rings (SSSR count). The normalized spacial score (nSPS) is 15.7. The lowest BCUT2D eigenvalue weighted by Gasteiger charge is -2.36. The lowest BCUT2D eigenvalue weighted by molar-refractivity contribution is -0.132. The molecule has 2 amide bonds. The lowest BCUT2D eigenvalue weighted by atomic mass is 9.90. The lowest BCUT2D eigenvalue weighted by Crippen LogP contribution is -2.40. The molecular weight excluding hydrogens is 442 g/mol. The van der Waals surface area contributed by atoms with Gasteiger partial charge in [-0.05, 0) is 47.9 Å². The van der Waals surface area contributed by atoms with Crippen LogP contribution in [0.2, 0.25) is 0 Å². The quantitative estimate of drug-likeness (QED) is 0.555. The number of rotatable bonds is 7. The molecule has 0 fully saturated rings. The molecule has 1 aromatic heterocycles. The van der Waals surface area contributed by atoms with Crippen molar-refractivity contribution >= 4 is 27.5 Å². The third-order valence-electron chi connectivity index (χ3n) is 5.64. The van der Waals surface area contributed by atoms with Gasteiger partial charge in [0.1, 0.15) is 5.76 Å². The Labute approximate surface area is 192 Å². The van der Waals surface area contributed by atoms with E-state index in [1.165, 1.54) is 25.3 Å². The predicted octanol–water partition coefficient (Wildman–Crippen LogP) is 3.23. The van der Waals surface area contributed by atoms with Crippen LogP contribution in [-0.4, -0.2) is 31.7 Å². The first-order valence-electron chi connectivity index (χ1n) is 10.6. The molecule has 0 spiro atoms. The molecule has 1 unspecified atom stereocenters. The van der Waals surface area contributed by atoms with E-state index >= 15 is 0 Å². The number of sulfonamides is 1. The Balaban J connectivity index is 1.47. The Morgan fingerprint density at radius 3 is 2.67 bits per heavy atom. The van der Waals surface area contributed by atoms with Gasteiger partial charge < -0.3 is 14.6 Å². The van der Waals surface area contributed by atoms with Crippen LogP contribution in [0.5, 0.6) is 0 Å². The van der Waals surface area contributed by atoms with Crippen LogP contribution in [0.15, 0.2) is 76.2 Å². The standard InChI is InChI=1S/C24H25N3O5S/c1-17(28)27-12-11-18-6-2-3-10-22(18)23(27)15-24(29)26-19-7-4-9-21(14-19)33(30,31)25-16-20-8-5-13-32-20/h2-10,13-14,23,25H,11-12,15-16H2,1H3,(H,26,29). The average molecular weight is 468 g/mol. The van der Waals surface area contributed by atoms with Crippen molar-refractivity contribution < 1.29 is 22.4 Å². The number of anilines is 1. The number of nitrogens with zero attached hydrogens (tertiary/aromatic N) is 1. The summed E-state index contributed by atoms with van der Waals surface area (Å²) in [7, 11) is -3.80. The molecule has 2 aromatic carbocycles. The Hall–Kier alpha value is -3.43. The highest BCUT2D eigenvalue weighted by atomic mass is 32.2. The largest absolute Gasteiger partial charge is 0.468 e. The summed E-state index contributed by atoms with van der Waals surface area (Å²) in [5.74, 6) is 0.102. The summed E-state index contributed by atoms with van der Waals surface area (Å²) in [5.41, 5.74) is 2.45. The average Bonchev–Trinajstić information content (AvgIpc) is 3.32. The number of carbonyl (C=O) groups excluding carboxylic acids is 2. The molecule has 33 heavy (non-hydrogen) atoms. The maximum Gasteiger partial charge on any atom is 0.241 e. The highest BCUT2D eigenvalue weighted by Crippen LogP contribution is 2.32. The molecule has 0 radical (unpaired) electrons. The van der Waals surface area contributed by atoms with Crippen molar-refractivity contribution in [3.63, 3.8) is 0 Å².